The molecular formula is C19H26N2O3S2. The van der Waals surface area contributed by atoms with Gasteiger partial charge in [-0.25, -0.2) is 8.42 Å². The van der Waals surface area contributed by atoms with Gasteiger partial charge in [0.1, 0.15) is 0 Å². The zero-order valence-electron chi connectivity index (χ0n) is 15.7. The Kier molecular flexibility index (Phi) is 6.97. The van der Waals surface area contributed by atoms with E-state index in [1.165, 1.54) is 26.1 Å². The fourth-order valence-electron chi connectivity index (χ4n) is 2.74. The predicted octanol–water partition coefficient (Wildman–Crippen LogP) is 3.58. The van der Waals surface area contributed by atoms with Gasteiger partial charge >= 0.3 is 0 Å². The first-order chi connectivity index (χ1) is 12.3. The third-order valence-corrected chi connectivity index (χ3v) is 7.50. The lowest BCUT2D eigenvalue weighted by atomic mass is 10.2. The summed E-state index contributed by atoms with van der Waals surface area (Å²) in [6.45, 7) is 8.98. The van der Waals surface area contributed by atoms with Crippen molar-refractivity contribution in [3.63, 3.8) is 0 Å². The molecule has 0 saturated heterocycles. The van der Waals surface area contributed by atoms with Crippen molar-refractivity contribution < 1.29 is 13.2 Å². The summed E-state index contributed by atoms with van der Waals surface area (Å²) in [5.74, 6) is -0.0994. The number of thiophene rings is 1. The van der Waals surface area contributed by atoms with E-state index in [4.69, 9.17) is 0 Å². The Morgan fingerprint density at radius 3 is 2.23 bits per heavy atom. The highest BCUT2D eigenvalue weighted by Crippen LogP contribution is 2.22. The topological polar surface area (TPSA) is 66.5 Å². The fraction of sp³-hybridized carbons (Fsp3) is 0.421. The number of nitrogens with zero attached hydrogens (tertiary/aromatic N) is 1. The predicted molar refractivity (Wildman–Crippen MR) is 106 cm³/mol. The van der Waals surface area contributed by atoms with Crippen molar-refractivity contribution in [2.75, 3.05) is 13.1 Å². The minimum atomic E-state index is -3.45. The van der Waals surface area contributed by atoms with Gasteiger partial charge in [-0.05, 0) is 42.7 Å². The number of rotatable bonds is 8. The molecule has 0 fully saturated rings. The molecule has 5 nitrogen and oxygen atoms in total. The lowest BCUT2D eigenvalue weighted by Crippen LogP contribution is -2.30. The van der Waals surface area contributed by atoms with Crippen LogP contribution >= 0.6 is 11.3 Å². The monoisotopic (exact) mass is 394 g/mol. The van der Waals surface area contributed by atoms with Crippen LogP contribution in [0.4, 0.5) is 0 Å². The SMILES string of the molecule is CCc1cc(C(=O)NCc2ccc(S(=O)(=O)N(CC)CC)cc2)sc1C. The number of sulfonamides is 1. The molecule has 1 amide bonds. The van der Waals surface area contributed by atoms with E-state index < -0.39 is 10.0 Å². The van der Waals surface area contributed by atoms with Crippen LogP contribution in [-0.2, 0) is 23.0 Å². The maximum absolute atomic E-state index is 12.5. The number of hydrogen-bond donors (Lipinski definition) is 1. The van der Waals surface area contributed by atoms with Crippen molar-refractivity contribution in [2.24, 2.45) is 0 Å². The van der Waals surface area contributed by atoms with Crippen LogP contribution in [0.15, 0.2) is 35.2 Å². The summed E-state index contributed by atoms with van der Waals surface area (Å²) in [6, 6.07) is 8.62. The number of hydrogen-bond acceptors (Lipinski definition) is 4. The summed E-state index contributed by atoms with van der Waals surface area (Å²) >= 11 is 1.50. The van der Waals surface area contributed by atoms with Crippen molar-refractivity contribution in [3.8, 4) is 0 Å². The van der Waals surface area contributed by atoms with Crippen LogP contribution in [0.2, 0.25) is 0 Å². The molecule has 0 unspecified atom stereocenters. The molecule has 1 aromatic heterocycles. The van der Waals surface area contributed by atoms with Gasteiger partial charge in [-0.15, -0.1) is 11.3 Å². The summed E-state index contributed by atoms with van der Waals surface area (Å²) in [6.07, 6.45) is 0.915. The molecule has 0 aliphatic carbocycles. The summed E-state index contributed by atoms with van der Waals surface area (Å²) in [5.41, 5.74) is 2.06. The van der Waals surface area contributed by atoms with Gasteiger partial charge in [-0.2, -0.15) is 4.31 Å². The fourth-order valence-corrected chi connectivity index (χ4v) is 5.23. The average molecular weight is 395 g/mol. The molecule has 142 valence electrons. The molecule has 0 aliphatic rings. The minimum absolute atomic E-state index is 0.0994. The first-order valence-corrected chi connectivity index (χ1v) is 11.1. The molecule has 0 atom stereocenters. The quantitative estimate of drug-likeness (QED) is 0.744. The van der Waals surface area contributed by atoms with Crippen LogP contribution in [-0.4, -0.2) is 31.7 Å². The van der Waals surface area contributed by atoms with Gasteiger partial charge in [0.2, 0.25) is 10.0 Å². The molecule has 0 bridgehead atoms. The van der Waals surface area contributed by atoms with Gasteiger partial charge in [-0.1, -0.05) is 32.9 Å². The van der Waals surface area contributed by atoms with E-state index in [1.807, 2.05) is 26.8 Å². The number of carbonyl (C=O) groups is 1. The van der Waals surface area contributed by atoms with Crippen molar-refractivity contribution in [1.29, 1.82) is 0 Å². The molecule has 1 N–H and O–H groups in total. The average Bonchev–Trinajstić information content (AvgIpc) is 3.01. The van der Waals surface area contributed by atoms with Crippen LogP contribution in [0.1, 0.15) is 46.4 Å². The molecule has 0 aliphatic heterocycles. The Hall–Kier alpha value is -1.70. The third-order valence-electron chi connectivity index (χ3n) is 4.34. The molecule has 0 saturated carbocycles. The Labute approximate surface area is 160 Å². The van der Waals surface area contributed by atoms with Crippen molar-refractivity contribution in [3.05, 3.63) is 51.2 Å². The second-order valence-corrected chi connectivity index (χ2v) is 9.16. The van der Waals surface area contributed by atoms with E-state index >= 15 is 0 Å². The van der Waals surface area contributed by atoms with E-state index in [-0.39, 0.29) is 10.8 Å². The molecule has 26 heavy (non-hydrogen) atoms. The van der Waals surface area contributed by atoms with Crippen LogP contribution in [0.5, 0.6) is 0 Å². The highest BCUT2D eigenvalue weighted by molar-refractivity contribution is 7.89. The van der Waals surface area contributed by atoms with E-state index in [9.17, 15) is 13.2 Å². The second-order valence-electron chi connectivity index (χ2n) is 5.96. The largest absolute Gasteiger partial charge is 0.347 e. The Balaban J connectivity index is 2.04. The lowest BCUT2D eigenvalue weighted by molar-refractivity contribution is 0.0955. The molecule has 0 spiro atoms. The van der Waals surface area contributed by atoms with E-state index in [2.05, 4.69) is 12.2 Å². The van der Waals surface area contributed by atoms with Gasteiger partial charge < -0.3 is 5.32 Å². The lowest BCUT2D eigenvalue weighted by Gasteiger charge is -2.18. The standard InChI is InChI=1S/C19H26N2O3S2/c1-5-16-12-18(25-14(16)4)19(22)20-13-15-8-10-17(11-9-15)26(23,24)21(6-2)7-3/h8-12H,5-7,13H2,1-4H3,(H,20,22). The Morgan fingerprint density at radius 1 is 1.12 bits per heavy atom. The number of nitrogens with one attached hydrogen (secondary N) is 1. The van der Waals surface area contributed by atoms with Crippen LogP contribution in [0, 0.1) is 6.92 Å². The van der Waals surface area contributed by atoms with Crippen molar-refractivity contribution in [2.45, 2.75) is 45.6 Å². The smallest absolute Gasteiger partial charge is 0.261 e. The van der Waals surface area contributed by atoms with Gasteiger partial charge in [0.25, 0.3) is 5.91 Å². The van der Waals surface area contributed by atoms with Gasteiger partial charge in [-0.3, -0.25) is 4.79 Å². The first-order valence-electron chi connectivity index (χ1n) is 8.80. The molecule has 2 rings (SSSR count). The van der Waals surface area contributed by atoms with Crippen LogP contribution in [0.25, 0.3) is 0 Å². The van der Waals surface area contributed by atoms with Gasteiger partial charge in [0.05, 0.1) is 9.77 Å². The van der Waals surface area contributed by atoms with Crippen molar-refractivity contribution >= 4 is 27.3 Å². The van der Waals surface area contributed by atoms with Crippen molar-refractivity contribution in [1.82, 2.24) is 9.62 Å². The normalized spacial score (nSPS) is 11.7. The zero-order chi connectivity index (χ0) is 19.3. The first kappa shape index (κ1) is 20.6. The van der Waals surface area contributed by atoms with Gasteiger partial charge in [0.15, 0.2) is 0 Å². The highest BCUT2D eigenvalue weighted by Gasteiger charge is 2.21. The third kappa shape index (κ3) is 4.52. The van der Waals surface area contributed by atoms with E-state index in [1.54, 1.807) is 24.3 Å². The maximum Gasteiger partial charge on any atom is 0.261 e. The number of aryl methyl sites for hydroxylation is 2. The minimum Gasteiger partial charge on any atom is -0.347 e. The second kappa shape index (κ2) is 8.79. The molecule has 7 heteroatoms. The zero-order valence-corrected chi connectivity index (χ0v) is 17.3. The molecule has 1 aromatic carbocycles. The molecule has 2 aromatic rings. The summed E-state index contributed by atoms with van der Waals surface area (Å²) in [7, 11) is -3.45. The number of benzene rings is 1. The van der Waals surface area contributed by atoms with Crippen LogP contribution < -0.4 is 5.32 Å². The molecule has 1 heterocycles. The number of carbonyl (C=O) groups excluding carboxylic acids is 1. The summed E-state index contributed by atoms with van der Waals surface area (Å²) < 4.78 is 26.4. The highest BCUT2D eigenvalue weighted by atomic mass is 32.2. The summed E-state index contributed by atoms with van der Waals surface area (Å²) in [5, 5.41) is 2.89. The van der Waals surface area contributed by atoms with E-state index in [0.29, 0.717) is 24.5 Å². The Bertz CT molecular complexity index is 851. The Morgan fingerprint density at radius 2 is 1.73 bits per heavy atom. The van der Waals surface area contributed by atoms with E-state index in [0.717, 1.165) is 12.0 Å². The number of amides is 1. The van der Waals surface area contributed by atoms with Crippen LogP contribution in [0.3, 0.4) is 0 Å². The molecule has 0 radical (unpaired) electrons. The maximum atomic E-state index is 12.5. The summed E-state index contributed by atoms with van der Waals surface area (Å²) in [4.78, 5) is 14.4. The molecular weight excluding hydrogens is 368 g/mol. The van der Waals surface area contributed by atoms with Gasteiger partial charge in [0, 0.05) is 24.5 Å².